The van der Waals surface area contributed by atoms with Gasteiger partial charge < -0.3 is 20.7 Å². The molecular weight excluding hydrogens is 282 g/mol. The van der Waals surface area contributed by atoms with Crippen LogP contribution >= 0.6 is 0 Å². The van der Waals surface area contributed by atoms with E-state index in [1.54, 1.807) is 11.9 Å². The van der Waals surface area contributed by atoms with Crippen LogP contribution in [0.5, 0.6) is 5.75 Å². The van der Waals surface area contributed by atoms with Gasteiger partial charge in [0.25, 0.3) is 0 Å². The quantitative estimate of drug-likeness (QED) is 0.681. The van der Waals surface area contributed by atoms with Crippen molar-refractivity contribution in [1.29, 1.82) is 0 Å². The average Bonchev–Trinajstić information content (AvgIpc) is 2.46. The van der Waals surface area contributed by atoms with E-state index in [1.807, 2.05) is 31.2 Å². The van der Waals surface area contributed by atoms with Gasteiger partial charge in [-0.3, -0.25) is 4.79 Å². The van der Waals surface area contributed by atoms with Crippen molar-refractivity contribution < 1.29 is 14.3 Å². The highest BCUT2D eigenvalue weighted by Gasteiger charge is 2.08. The molecule has 3 amide bonds. The Labute approximate surface area is 131 Å². The normalized spacial score (nSPS) is 10.1. The number of carbonyl (C=O) groups is 2. The first kappa shape index (κ1) is 17.8. The molecule has 1 aromatic rings. The van der Waals surface area contributed by atoms with Crippen molar-refractivity contribution in [1.82, 2.24) is 10.2 Å². The molecule has 0 fully saturated rings. The SMILES string of the molecule is Cc1cccc(OCCN(C)C(=O)CCCCNC(N)=O)c1. The number of aryl methyl sites for hydroxylation is 1. The second-order valence-corrected chi connectivity index (χ2v) is 5.23. The van der Waals surface area contributed by atoms with E-state index in [9.17, 15) is 9.59 Å². The van der Waals surface area contributed by atoms with Crippen LogP contribution in [-0.4, -0.2) is 43.6 Å². The third-order valence-corrected chi connectivity index (χ3v) is 3.23. The predicted octanol–water partition coefficient (Wildman–Crippen LogP) is 1.67. The number of benzene rings is 1. The van der Waals surface area contributed by atoms with Crippen LogP contribution in [0.2, 0.25) is 0 Å². The van der Waals surface area contributed by atoms with E-state index in [0.717, 1.165) is 24.2 Å². The minimum absolute atomic E-state index is 0.0758. The lowest BCUT2D eigenvalue weighted by molar-refractivity contribution is -0.130. The number of ether oxygens (including phenoxy) is 1. The number of hydrogen-bond acceptors (Lipinski definition) is 3. The molecule has 0 saturated carbocycles. The highest BCUT2D eigenvalue weighted by atomic mass is 16.5. The molecule has 0 aliphatic rings. The van der Waals surface area contributed by atoms with Crippen LogP contribution < -0.4 is 15.8 Å². The number of likely N-dealkylation sites (N-methyl/N-ethyl adjacent to an activating group) is 1. The fourth-order valence-corrected chi connectivity index (χ4v) is 1.93. The van der Waals surface area contributed by atoms with Crippen LogP contribution in [-0.2, 0) is 4.79 Å². The lowest BCUT2D eigenvalue weighted by Gasteiger charge is -2.17. The van der Waals surface area contributed by atoms with Gasteiger partial charge >= 0.3 is 6.03 Å². The van der Waals surface area contributed by atoms with Crippen molar-refractivity contribution in [2.75, 3.05) is 26.7 Å². The fourth-order valence-electron chi connectivity index (χ4n) is 1.93. The molecule has 1 aromatic carbocycles. The molecule has 0 spiro atoms. The zero-order valence-corrected chi connectivity index (χ0v) is 13.3. The second kappa shape index (κ2) is 9.65. The number of urea groups is 1. The summed E-state index contributed by atoms with van der Waals surface area (Å²) in [5, 5.41) is 2.50. The highest BCUT2D eigenvalue weighted by Crippen LogP contribution is 2.12. The maximum absolute atomic E-state index is 11.9. The number of amides is 3. The van der Waals surface area contributed by atoms with Gasteiger partial charge in [0.15, 0.2) is 0 Å². The summed E-state index contributed by atoms with van der Waals surface area (Å²) < 4.78 is 5.62. The van der Waals surface area contributed by atoms with Gasteiger partial charge in [-0.15, -0.1) is 0 Å². The molecule has 3 N–H and O–H groups in total. The summed E-state index contributed by atoms with van der Waals surface area (Å²) in [6.45, 7) is 3.53. The van der Waals surface area contributed by atoms with Gasteiger partial charge in [-0.1, -0.05) is 12.1 Å². The summed E-state index contributed by atoms with van der Waals surface area (Å²) in [5.41, 5.74) is 6.10. The van der Waals surface area contributed by atoms with Crippen LogP contribution in [0, 0.1) is 6.92 Å². The maximum Gasteiger partial charge on any atom is 0.312 e. The van der Waals surface area contributed by atoms with Crippen LogP contribution in [0.15, 0.2) is 24.3 Å². The van der Waals surface area contributed by atoms with E-state index >= 15 is 0 Å². The summed E-state index contributed by atoms with van der Waals surface area (Å²) in [5.74, 6) is 0.894. The van der Waals surface area contributed by atoms with Gasteiger partial charge in [-0.2, -0.15) is 0 Å². The van der Waals surface area contributed by atoms with E-state index in [2.05, 4.69) is 5.32 Å². The Balaban J connectivity index is 2.14. The lowest BCUT2D eigenvalue weighted by Crippen LogP contribution is -2.31. The Morgan fingerprint density at radius 2 is 2.09 bits per heavy atom. The van der Waals surface area contributed by atoms with Crippen LogP contribution in [0.4, 0.5) is 4.79 Å². The smallest absolute Gasteiger partial charge is 0.312 e. The van der Waals surface area contributed by atoms with E-state index in [1.165, 1.54) is 0 Å². The average molecular weight is 307 g/mol. The summed E-state index contributed by atoms with van der Waals surface area (Å²) >= 11 is 0. The number of nitrogens with one attached hydrogen (secondary N) is 1. The van der Waals surface area contributed by atoms with Gasteiger partial charge in [-0.05, 0) is 37.5 Å². The standard InChI is InChI=1S/C16H25N3O3/c1-13-6-5-7-14(12-13)22-11-10-19(2)15(20)8-3-4-9-18-16(17)21/h5-7,12H,3-4,8-11H2,1-2H3,(H3,17,18,21). The molecule has 6 nitrogen and oxygen atoms in total. The van der Waals surface area contributed by atoms with Crippen LogP contribution in [0.25, 0.3) is 0 Å². The summed E-state index contributed by atoms with van der Waals surface area (Å²) in [4.78, 5) is 24.0. The Hall–Kier alpha value is -2.24. The van der Waals surface area contributed by atoms with Gasteiger partial charge in [0.2, 0.25) is 5.91 Å². The number of unbranched alkanes of at least 4 members (excludes halogenated alkanes) is 1. The van der Waals surface area contributed by atoms with Crippen LogP contribution in [0.3, 0.4) is 0 Å². The third kappa shape index (κ3) is 7.52. The molecule has 0 saturated heterocycles. The first-order chi connectivity index (χ1) is 10.5. The van der Waals surface area contributed by atoms with E-state index in [0.29, 0.717) is 26.1 Å². The number of primary amides is 1. The minimum Gasteiger partial charge on any atom is -0.492 e. The molecule has 0 aliphatic heterocycles. The largest absolute Gasteiger partial charge is 0.492 e. The zero-order chi connectivity index (χ0) is 16.4. The molecule has 0 aliphatic carbocycles. The van der Waals surface area contributed by atoms with Crippen molar-refractivity contribution in [3.05, 3.63) is 29.8 Å². The molecule has 1 rings (SSSR count). The molecule has 6 heteroatoms. The summed E-state index contributed by atoms with van der Waals surface area (Å²) in [6.07, 6.45) is 1.92. The Bertz CT molecular complexity index is 491. The van der Waals surface area contributed by atoms with Crippen molar-refractivity contribution in [2.24, 2.45) is 5.73 Å². The second-order valence-electron chi connectivity index (χ2n) is 5.23. The molecule has 0 aromatic heterocycles. The number of rotatable bonds is 9. The van der Waals surface area contributed by atoms with Gasteiger partial charge in [0, 0.05) is 20.0 Å². The van der Waals surface area contributed by atoms with Crippen molar-refractivity contribution in [3.8, 4) is 5.75 Å². The first-order valence-corrected chi connectivity index (χ1v) is 7.46. The van der Waals surface area contributed by atoms with Crippen molar-refractivity contribution in [2.45, 2.75) is 26.2 Å². The minimum atomic E-state index is -0.531. The molecule has 122 valence electrons. The fraction of sp³-hybridized carbons (Fsp3) is 0.500. The highest BCUT2D eigenvalue weighted by molar-refractivity contribution is 5.75. The van der Waals surface area contributed by atoms with Crippen LogP contribution in [0.1, 0.15) is 24.8 Å². The van der Waals surface area contributed by atoms with Crippen molar-refractivity contribution >= 4 is 11.9 Å². The number of carbonyl (C=O) groups excluding carboxylic acids is 2. The Morgan fingerprint density at radius 3 is 2.77 bits per heavy atom. The first-order valence-electron chi connectivity index (χ1n) is 7.46. The van der Waals surface area contributed by atoms with Gasteiger partial charge in [0.05, 0.1) is 6.54 Å². The number of nitrogens with zero attached hydrogens (tertiary/aromatic N) is 1. The lowest BCUT2D eigenvalue weighted by atomic mass is 10.2. The molecule has 0 bridgehead atoms. The van der Waals surface area contributed by atoms with Gasteiger partial charge in [0.1, 0.15) is 12.4 Å². The van der Waals surface area contributed by atoms with Gasteiger partial charge in [-0.25, -0.2) is 4.79 Å². The summed E-state index contributed by atoms with van der Waals surface area (Å²) in [7, 11) is 1.77. The van der Waals surface area contributed by atoms with E-state index in [-0.39, 0.29) is 5.91 Å². The zero-order valence-electron chi connectivity index (χ0n) is 13.3. The topological polar surface area (TPSA) is 84.7 Å². The monoisotopic (exact) mass is 307 g/mol. The number of nitrogens with two attached hydrogens (primary N) is 1. The predicted molar refractivity (Wildman–Crippen MR) is 85.7 cm³/mol. The molecular formula is C16H25N3O3. The maximum atomic E-state index is 11.9. The van der Waals surface area contributed by atoms with Crippen molar-refractivity contribution in [3.63, 3.8) is 0 Å². The van der Waals surface area contributed by atoms with E-state index < -0.39 is 6.03 Å². The Morgan fingerprint density at radius 1 is 1.32 bits per heavy atom. The summed E-state index contributed by atoms with van der Waals surface area (Å²) in [6, 6.07) is 7.29. The molecule has 0 atom stereocenters. The van der Waals surface area contributed by atoms with E-state index in [4.69, 9.17) is 10.5 Å². The third-order valence-electron chi connectivity index (χ3n) is 3.23. The molecule has 0 radical (unpaired) electrons. The Kier molecular flexibility index (Phi) is 7.81. The molecule has 0 unspecified atom stereocenters. The number of hydrogen-bond donors (Lipinski definition) is 2. The molecule has 0 heterocycles. The molecule has 22 heavy (non-hydrogen) atoms.